The van der Waals surface area contributed by atoms with E-state index < -0.39 is 0 Å². The van der Waals surface area contributed by atoms with Gasteiger partial charge in [-0.1, -0.05) is 196 Å². The SMILES string of the molecule is CC(C)(C)C1=CC2C3=C(SC2C=C1)B1c2sc4ccc(C(C)(C)C)cc4c2N(c2ccc(-c4csc5ccccc45)cc2-c2ccccc2)c2cc(C(C)(C)C)cc(c21)N3c1ccc(-c2csc3ccccc23)cc1-c1ccccc1. The molecule has 0 fully saturated rings. The number of fused-ring (bicyclic) bond motifs is 9. The highest BCUT2D eigenvalue weighted by Gasteiger charge is 2.53. The number of allylic oxidation sites excluding steroid dienone is 3. The van der Waals surface area contributed by atoms with Crippen molar-refractivity contribution in [1.29, 1.82) is 0 Å². The first-order valence-electron chi connectivity index (χ1n) is 28.6. The summed E-state index contributed by atoms with van der Waals surface area (Å²) in [7, 11) is 0. The first-order valence-corrected chi connectivity index (χ1v) is 32.0. The molecule has 3 aromatic heterocycles. The number of thioether (sulfide) groups is 1. The van der Waals surface area contributed by atoms with E-state index in [1.54, 1.807) is 0 Å². The standard InChI is InChI=1S/C74H63BN2S4/c1-72(2,3)48-30-34-65-55(38-48)68-70(80-65)75-67-61(76(68)59-32-28-46(36-53(59)44-20-12-10-13-21-44)57-42-78-63-26-18-16-24-51(57)63)40-50(74(7,8)9)41-62(67)77(69-56-39-49(73(4,5)6)31-35-66(56)81-71(69)75)60-33-29-47(37-54(60)45-22-14-11-15-23-45)58-43-79-64-27-19-17-25-52(58)64/h10-43,55,65H,1-9H3. The molecule has 6 heterocycles. The third-order valence-electron chi connectivity index (χ3n) is 17.4. The van der Waals surface area contributed by atoms with Crippen molar-refractivity contribution in [2.75, 3.05) is 9.80 Å². The molecule has 4 aliphatic rings. The Morgan fingerprint density at radius 2 is 0.988 bits per heavy atom. The van der Waals surface area contributed by atoms with Gasteiger partial charge >= 0.3 is 0 Å². The van der Waals surface area contributed by atoms with Gasteiger partial charge in [0.05, 0.1) is 17.1 Å². The summed E-state index contributed by atoms with van der Waals surface area (Å²) in [6.45, 7) is 21.4. The van der Waals surface area contributed by atoms with Crippen LogP contribution in [-0.2, 0) is 10.8 Å². The number of nitrogens with zero attached hydrogens (tertiary/aromatic N) is 2. The molecule has 7 heteroatoms. The van der Waals surface area contributed by atoms with E-state index in [1.807, 2.05) is 34.0 Å². The molecule has 0 saturated heterocycles. The van der Waals surface area contributed by atoms with Gasteiger partial charge in [-0.15, -0.1) is 45.8 Å². The zero-order chi connectivity index (χ0) is 55.3. The lowest BCUT2D eigenvalue weighted by atomic mass is 9.39. The Kier molecular flexibility index (Phi) is 11.7. The molecule has 2 nitrogen and oxygen atoms in total. The predicted molar refractivity (Wildman–Crippen MR) is 359 cm³/mol. The lowest BCUT2D eigenvalue weighted by Crippen LogP contribution is -2.54. The molecule has 15 rings (SSSR count). The number of hydrogen-bond donors (Lipinski definition) is 0. The van der Waals surface area contributed by atoms with Gasteiger partial charge in [0.25, 0.3) is 6.71 Å². The van der Waals surface area contributed by atoms with Crippen molar-refractivity contribution >= 4 is 121 Å². The lowest BCUT2D eigenvalue weighted by Gasteiger charge is -2.45. The molecule has 0 radical (unpaired) electrons. The normalized spacial score (nSPS) is 16.8. The zero-order valence-electron chi connectivity index (χ0n) is 47.4. The third kappa shape index (κ3) is 8.23. The Labute approximate surface area is 493 Å². The van der Waals surface area contributed by atoms with Gasteiger partial charge in [-0.05, 0) is 137 Å². The molecule has 0 amide bonds. The maximum atomic E-state index is 2.78. The summed E-state index contributed by atoms with van der Waals surface area (Å²) in [6.07, 6.45) is 7.64. The summed E-state index contributed by atoms with van der Waals surface area (Å²) in [4.78, 5) is 6.99. The van der Waals surface area contributed by atoms with E-state index in [0.29, 0.717) is 0 Å². The number of hydrogen-bond acceptors (Lipinski definition) is 6. The summed E-state index contributed by atoms with van der Waals surface area (Å²) in [5, 5.41) is 8.88. The number of thiophene rings is 3. The van der Waals surface area contributed by atoms with Gasteiger partial charge in [0.2, 0.25) is 0 Å². The van der Waals surface area contributed by atoms with E-state index in [1.165, 1.54) is 141 Å². The van der Waals surface area contributed by atoms with E-state index in [-0.39, 0.29) is 34.1 Å². The van der Waals surface area contributed by atoms with Crippen LogP contribution in [0.5, 0.6) is 0 Å². The Morgan fingerprint density at radius 3 is 1.56 bits per heavy atom. The molecular formula is C74H63BN2S4. The second-order valence-corrected chi connectivity index (χ2v) is 29.8. The molecule has 81 heavy (non-hydrogen) atoms. The molecule has 1 aliphatic carbocycles. The Balaban J connectivity index is 1.07. The highest BCUT2D eigenvalue weighted by molar-refractivity contribution is 8.06. The van der Waals surface area contributed by atoms with Crippen molar-refractivity contribution in [3.8, 4) is 44.5 Å². The van der Waals surface area contributed by atoms with E-state index in [2.05, 4.69) is 289 Å². The molecule has 2 unspecified atom stereocenters. The summed E-state index contributed by atoms with van der Waals surface area (Å²) in [6, 6.07) is 67.4. The summed E-state index contributed by atoms with van der Waals surface area (Å²) in [5.41, 5.74) is 22.8. The van der Waals surface area contributed by atoms with Gasteiger partial charge in [0.15, 0.2) is 0 Å². The summed E-state index contributed by atoms with van der Waals surface area (Å²) < 4.78 is 5.37. The van der Waals surface area contributed by atoms with Crippen LogP contribution in [0.25, 0.3) is 74.8 Å². The smallest absolute Gasteiger partial charge is 0.272 e. The fourth-order valence-electron chi connectivity index (χ4n) is 13.1. The molecule has 11 aromatic rings. The molecule has 2 atom stereocenters. The van der Waals surface area contributed by atoms with Crippen molar-refractivity contribution < 1.29 is 0 Å². The highest BCUT2D eigenvalue weighted by atomic mass is 32.2. The molecule has 8 aromatic carbocycles. The molecular weight excluding hydrogens is 1060 g/mol. The monoisotopic (exact) mass is 1120 g/mol. The van der Waals surface area contributed by atoms with Crippen molar-refractivity contribution in [3.05, 3.63) is 232 Å². The van der Waals surface area contributed by atoms with Crippen molar-refractivity contribution in [2.24, 2.45) is 11.3 Å². The van der Waals surface area contributed by atoms with Crippen LogP contribution in [0.15, 0.2) is 221 Å². The molecule has 0 bridgehead atoms. The molecule has 3 aliphatic heterocycles. The van der Waals surface area contributed by atoms with E-state index in [0.717, 1.165) is 0 Å². The summed E-state index contributed by atoms with van der Waals surface area (Å²) in [5.74, 6) is 0.150. The van der Waals surface area contributed by atoms with Gasteiger partial charge in [-0.3, -0.25) is 0 Å². The van der Waals surface area contributed by atoms with Gasteiger partial charge in [-0.25, -0.2) is 0 Å². The quantitative estimate of drug-likeness (QED) is 0.153. The largest absolute Gasteiger partial charge is 0.313 e. The predicted octanol–water partition coefficient (Wildman–Crippen LogP) is 21.2. The van der Waals surface area contributed by atoms with Gasteiger partial charge in [0.1, 0.15) is 0 Å². The third-order valence-corrected chi connectivity index (χ3v) is 22.0. The second-order valence-electron chi connectivity index (χ2n) is 25.6. The van der Waals surface area contributed by atoms with Crippen LogP contribution < -0.4 is 20.0 Å². The van der Waals surface area contributed by atoms with Gasteiger partial charge < -0.3 is 9.80 Å². The van der Waals surface area contributed by atoms with Crippen LogP contribution >= 0.6 is 45.8 Å². The minimum Gasteiger partial charge on any atom is -0.313 e. The van der Waals surface area contributed by atoms with Crippen LogP contribution in [0.1, 0.15) is 73.4 Å². The van der Waals surface area contributed by atoms with E-state index >= 15 is 0 Å². The first-order chi connectivity index (χ1) is 39.1. The lowest BCUT2D eigenvalue weighted by molar-refractivity contribution is 0.507. The zero-order valence-corrected chi connectivity index (χ0v) is 50.7. The van der Waals surface area contributed by atoms with Crippen LogP contribution in [0.2, 0.25) is 0 Å². The summed E-state index contributed by atoms with van der Waals surface area (Å²) >= 11 is 7.80. The maximum absolute atomic E-state index is 2.78. The molecule has 396 valence electrons. The molecule has 0 N–H and O–H groups in total. The fourth-order valence-corrected chi connectivity index (χ4v) is 17.9. The first kappa shape index (κ1) is 50.8. The van der Waals surface area contributed by atoms with E-state index in [9.17, 15) is 0 Å². The van der Waals surface area contributed by atoms with Crippen LogP contribution in [0.3, 0.4) is 0 Å². The number of benzene rings is 8. The number of anilines is 5. The topological polar surface area (TPSA) is 6.48 Å². The average molecular weight is 1120 g/mol. The van der Waals surface area contributed by atoms with Crippen LogP contribution in [-0.4, -0.2) is 12.0 Å². The minimum absolute atomic E-state index is 0.0146. The highest BCUT2D eigenvalue weighted by Crippen LogP contribution is 2.60. The van der Waals surface area contributed by atoms with E-state index in [4.69, 9.17) is 0 Å². The van der Waals surface area contributed by atoms with Crippen LogP contribution in [0, 0.1) is 11.3 Å². The molecule has 0 saturated carbocycles. The number of rotatable bonds is 6. The maximum Gasteiger partial charge on any atom is 0.272 e. The second kappa shape index (κ2) is 18.7. The molecule has 0 spiro atoms. The van der Waals surface area contributed by atoms with Gasteiger partial charge in [-0.2, -0.15) is 0 Å². The van der Waals surface area contributed by atoms with Crippen LogP contribution in [0.4, 0.5) is 28.4 Å². The Hall–Kier alpha value is -7.13. The van der Waals surface area contributed by atoms with Crippen molar-refractivity contribution in [3.63, 3.8) is 0 Å². The van der Waals surface area contributed by atoms with Crippen molar-refractivity contribution in [2.45, 2.75) is 78.4 Å². The van der Waals surface area contributed by atoms with Gasteiger partial charge in [0, 0.05) is 85.5 Å². The average Bonchev–Trinajstić information content (AvgIpc) is 2.93. The Morgan fingerprint density at radius 1 is 0.444 bits per heavy atom. The van der Waals surface area contributed by atoms with Crippen molar-refractivity contribution in [1.82, 2.24) is 0 Å². The Bertz CT molecular complexity index is 4470. The minimum atomic E-state index is -0.193. The fraction of sp³-hybridized carbons (Fsp3) is 0.189.